The van der Waals surface area contributed by atoms with Crippen LogP contribution in [0, 0.1) is 0 Å². The third-order valence-corrected chi connectivity index (χ3v) is 5.25. The average Bonchev–Trinajstić information content (AvgIpc) is 3.09. The van der Waals surface area contributed by atoms with E-state index < -0.39 is 0 Å². The highest BCUT2D eigenvalue weighted by molar-refractivity contribution is 7.99. The summed E-state index contributed by atoms with van der Waals surface area (Å²) in [5, 5.41) is 14.2. The van der Waals surface area contributed by atoms with Crippen LogP contribution in [0.25, 0.3) is 10.9 Å². The third kappa shape index (κ3) is 5.63. The number of nitrogens with zero attached hydrogens (tertiary/aromatic N) is 1. The Labute approximate surface area is 170 Å². The molecule has 0 fully saturated rings. The van der Waals surface area contributed by atoms with E-state index in [1.54, 1.807) is 30.5 Å². The number of H-pyrrole nitrogens is 1. The minimum absolute atomic E-state index is 0.0951. The van der Waals surface area contributed by atoms with Crippen molar-refractivity contribution in [2.24, 2.45) is 0 Å². The molecule has 2 aromatic carbocycles. The zero-order chi connectivity index (χ0) is 19.2. The van der Waals surface area contributed by atoms with Crippen molar-refractivity contribution in [2.45, 2.75) is 5.75 Å². The van der Waals surface area contributed by atoms with E-state index in [1.165, 1.54) is 11.8 Å². The topological polar surface area (TPSA) is 86.9 Å². The first kappa shape index (κ1) is 19.5. The quantitative estimate of drug-likeness (QED) is 0.539. The number of amides is 2. The van der Waals surface area contributed by atoms with Gasteiger partial charge in [0.15, 0.2) is 0 Å². The Bertz CT molecular complexity index is 977. The Kier molecular flexibility index (Phi) is 6.60. The number of thioether (sulfide) groups is 1. The van der Waals surface area contributed by atoms with Gasteiger partial charge in [-0.15, -0.1) is 11.8 Å². The molecule has 0 unspecified atom stereocenters. The van der Waals surface area contributed by atoms with Crippen LogP contribution in [-0.2, 0) is 15.3 Å². The lowest BCUT2D eigenvalue weighted by atomic mass is 10.2. The van der Waals surface area contributed by atoms with Crippen molar-refractivity contribution in [3.05, 3.63) is 58.2 Å². The zero-order valence-electron chi connectivity index (χ0n) is 14.1. The number of benzene rings is 2. The van der Waals surface area contributed by atoms with Crippen LogP contribution in [0.1, 0.15) is 5.56 Å². The molecule has 0 aliphatic rings. The maximum atomic E-state index is 12.0. The molecule has 0 saturated heterocycles. The fourth-order valence-corrected chi connectivity index (χ4v) is 3.76. The summed E-state index contributed by atoms with van der Waals surface area (Å²) in [6, 6.07) is 10.7. The summed E-state index contributed by atoms with van der Waals surface area (Å²) in [5.41, 5.74) is 2.37. The lowest BCUT2D eigenvalue weighted by molar-refractivity contribution is -0.122. The Balaban J connectivity index is 1.39. The first-order valence-corrected chi connectivity index (χ1v) is 9.93. The molecule has 0 atom stereocenters. The summed E-state index contributed by atoms with van der Waals surface area (Å²) in [7, 11) is 0. The second kappa shape index (κ2) is 9.12. The minimum atomic E-state index is -0.298. The van der Waals surface area contributed by atoms with Crippen LogP contribution < -0.4 is 10.6 Å². The fraction of sp³-hybridized carbons (Fsp3) is 0.167. The number of halogens is 2. The molecule has 27 heavy (non-hydrogen) atoms. The molecule has 2 amide bonds. The number of rotatable bonds is 7. The summed E-state index contributed by atoms with van der Waals surface area (Å²) in [4.78, 5) is 23.9. The SMILES string of the molecule is O=C(CSCc1ccc(Cl)cc1Cl)NCC(=O)Nc1ccc2cn[nH]c2c1. The van der Waals surface area contributed by atoms with Gasteiger partial charge in [0.1, 0.15) is 0 Å². The standard InChI is InChI=1S/C18H16Cl2N4O2S/c19-13-3-1-12(15(20)5-13)9-27-10-18(26)21-8-17(25)23-14-4-2-11-7-22-24-16(11)6-14/h1-7H,8-10H2,(H,21,26)(H,22,24)(H,23,25). The van der Waals surface area contributed by atoms with E-state index >= 15 is 0 Å². The number of aromatic amines is 1. The van der Waals surface area contributed by atoms with E-state index in [2.05, 4.69) is 20.8 Å². The molecule has 3 N–H and O–H groups in total. The van der Waals surface area contributed by atoms with Gasteiger partial charge >= 0.3 is 0 Å². The van der Waals surface area contributed by atoms with Gasteiger partial charge in [-0.25, -0.2) is 0 Å². The van der Waals surface area contributed by atoms with Crippen molar-refractivity contribution in [2.75, 3.05) is 17.6 Å². The molecule has 6 nitrogen and oxygen atoms in total. The highest BCUT2D eigenvalue weighted by Gasteiger charge is 2.08. The van der Waals surface area contributed by atoms with E-state index in [9.17, 15) is 9.59 Å². The highest BCUT2D eigenvalue weighted by atomic mass is 35.5. The number of carbonyl (C=O) groups is 2. The molecule has 0 radical (unpaired) electrons. The van der Waals surface area contributed by atoms with Crippen molar-refractivity contribution >= 4 is 63.4 Å². The van der Waals surface area contributed by atoms with Gasteiger partial charge in [-0.05, 0) is 35.9 Å². The summed E-state index contributed by atoms with van der Waals surface area (Å²) >= 11 is 13.4. The van der Waals surface area contributed by atoms with Gasteiger partial charge in [0.2, 0.25) is 11.8 Å². The van der Waals surface area contributed by atoms with Crippen LogP contribution in [0.15, 0.2) is 42.6 Å². The maximum Gasteiger partial charge on any atom is 0.243 e. The number of nitrogens with one attached hydrogen (secondary N) is 3. The molecule has 1 aromatic heterocycles. The smallest absolute Gasteiger partial charge is 0.243 e. The van der Waals surface area contributed by atoms with Gasteiger partial charge in [-0.3, -0.25) is 14.7 Å². The van der Waals surface area contributed by atoms with E-state index in [4.69, 9.17) is 23.2 Å². The molecule has 0 aliphatic carbocycles. The summed E-state index contributed by atoms with van der Waals surface area (Å²) in [5.74, 6) is 0.295. The third-order valence-electron chi connectivity index (χ3n) is 3.68. The zero-order valence-corrected chi connectivity index (χ0v) is 16.4. The molecular formula is C18H16Cl2N4O2S. The normalized spacial score (nSPS) is 10.7. The molecule has 3 rings (SSSR count). The van der Waals surface area contributed by atoms with Gasteiger partial charge in [-0.1, -0.05) is 29.3 Å². The van der Waals surface area contributed by atoms with Crippen LogP contribution in [-0.4, -0.2) is 34.3 Å². The predicted molar refractivity (Wildman–Crippen MR) is 110 cm³/mol. The number of carbonyl (C=O) groups excluding carboxylic acids is 2. The van der Waals surface area contributed by atoms with Crippen LogP contribution in [0.3, 0.4) is 0 Å². The lowest BCUT2D eigenvalue weighted by Gasteiger charge is -2.08. The summed E-state index contributed by atoms with van der Waals surface area (Å²) in [6.45, 7) is -0.0951. The molecular weight excluding hydrogens is 407 g/mol. The molecule has 0 saturated carbocycles. The first-order chi connectivity index (χ1) is 13.0. The molecule has 9 heteroatoms. The first-order valence-electron chi connectivity index (χ1n) is 8.02. The molecule has 140 valence electrons. The number of anilines is 1. The molecule has 0 aliphatic heterocycles. The van der Waals surface area contributed by atoms with Gasteiger partial charge < -0.3 is 10.6 Å². The minimum Gasteiger partial charge on any atom is -0.346 e. The van der Waals surface area contributed by atoms with Crippen LogP contribution >= 0.6 is 35.0 Å². The molecule has 1 heterocycles. The number of aromatic nitrogens is 2. The maximum absolute atomic E-state index is 12.0. The fourth-order valence-electron chi connectivity index (χ4n) is 2.34. The van der Waals surface area contributed by atoms with E-state index in [0.29, 0.717) is 21.5 Å². The molecule has 0 spiro atoms. The monoisotopic (exact) mass is 422 g/mol. The summed E-state index contributed by atoms with van der Waals surface area (Å²) in [6.07, 6.45) is 1.70. The lowest BCUT2D eigenvalue weighted by Crippen LogP contribution is -2.33. The van der Waals surface area contributed by atoms with Crippen LogP contribution in [0.5, 0.6) is 0 Å². The van der Waals surface area contributed by atoms with Crippen LogP contribution in [0.2, 0.25) is 10.0 Å². The average molecular weight is 423 g/mol. The van der Waals surface area contributed by atoms with Crippen molar-refractivity contribution in [3.8, 4) is 0 Å². The van der Waals surface area contributed by atoms with Crippen LogP contribution in [0.4, 0.5) is 5.69 Å². The van der Waals surface area contributed by atoms with Gasteiger partial charge in [0.25, 0.3) is 0 Å². The Morgan fingerprint density at radius 1 is 1.11 bits per heavy atom. The van der Waals surface area contributed by atoms with Crippen molar-refractivity contribution < 1.29 is 9.59 Å². The Morgan fingerprint density at radius 3 is 2.78 bits per heavy atom. The predicted octanol–water partition coefficient (Wildman–Crippen LogP) is 3.86. The van der Waals surface area contributed by atoms with Crippen molar-refractivity contribution in [3.63, 3.8) is 0 Å². The molecule has 3 aromatic rings. The van der Waals surface area contributed by atoms with E-state index in [1.807, 2.05) is 12.1 Å². The number of hydrogen-bond donors (Lipinski definition) is 3. The van der Waals surface area contributed by atoms with Gasteiger partial charge in [0.05, 0.1) is 24.0 Å². The molecule has 0 bridgehead atoms. The second-order valence-corrected chi connectivity index (χ2v) is 7.55. The number of hydrogen-bond acceptors (Lipinski definition) is 4. The Hall–Kier alpha value is -2.22. The van der Waals surface area contributed by atoms with E-state index in [0.717, 1.165) is 16.5 Å². The van der Waals surface area contributed by atoms with Crippen molar-refractivity contribution in [1.29, 1.82) is 0 Å². The van der Waals surface area contributed by atoms with E-state index in [-0.39, 0.29) is 24.1 Å². The van der Waals surface area contributed by atoms with Gasteiger partial charge in [-0.2, -0.15) is 5.10 Å². The van der Waals surface area contributed by atoms with Crippen molar-refractivity contribution in [1.82, 2.24) is 15.5 Å². The Morgan fingerprint density at radius 2 is 1.96 bits per heavy atom. The summed E-state index contributed by atoms with van der Waals surface area (Å²) < 4.78 is 0. The number of fused-ring (bicyclic) bond motifs is 1. The van der Waals surface area contributed by atoms with Gasteiger partial charge in [0, 0.05) is 26.9 Å². The second-order valence-electron chi connectivity index (χ2n) is 5.73. The highest BCUT2D eigenvalue weighted by Crippen LogP contribution is 2.24. The largest absolute Gasteiger partial charge is 0.346 e.